The zero-order chi connectivity index (χ0) is 16.9. The lowest BCUT2D eigenvalue weighted by Crippen LogP contribution is -2.16. The molecule has 2 aromatic carbocycles. The summed E-state index contributed by atoms with van der Waals surface area (Å²) in [6.07, 6.45) is 0. The molecule has 122 valence electrons. The highest BCUT2D eigenvalue weighted by atomic mass is 32.1. The molecular weight excluding hydrogens is 314 g/mol. The van der Waals surface area contributed by atoms with Crippen LogP contribution in [0.2, 0.25) is 0 Å². The summed E-state index contributed by atoms with van der Waals surface area (Å²) >= 11 is 1.63. The second-order valence-electron chi connectivity index (χ2n) is 5.86. The van der Waals surface area contributed by atoms with Crippen LogP contribution in [0.5, 0.6) is 0 Å². The van der Waals surface area contributed by atoms with E-state index in [-0.39, 0.29) is 6.04 Å². The Bertz CT molecular complexity index is 887. The summed E-state index contributed by atoms with van der Waals surface area (Å²) in [4.78, 5) is 5.64. The van der Waals surface area contributed by atoms with Crippen molar-refractivity contribution in [3.05, 3.63) is 76.4 Å². The fraction of sp³-hybridized carbons (Fsp3) is 0.200. The lowest BCUT2D eigenvalue weighted by molar-refractivity contribution is 0.753. The third-order valence-corrected chi connectivity index (χ3v) is 4.40. The summed E-state index contributed by atoms with van der Waals surface area (Å²) in [6, 6.07) is 20.8. The van der Waals surface area contributed by atoms with Crippen molar-refractivity contribution >= 4 is 17.0 Å². The van der Waals surface area contributed by atoms with Gasteiger partial charge in [0.05, 0.1) is 11.4 Å². The zero-order valence-electron chi connectivity index (χ0n) is 14.2. The molecule has 0 fully saturated rings. The van der Waals surface area contributed by atoms with E-state index in [1.165, 1.54) is 0 Å². The van der Waals surface area contributed by atoms with Crippen molar-refractivity contribution in [2.45, 2.75) is 26.8 Å². The maximum absolute atomic E-state index is 4.87. The Labute approximate surface area is 146 Å². The topological polar surface area (TPSA) is 29.6 Å². The summed E-state index contributed by atoms with van der Waals surface area (Å²) in [5, 5.41) is 6.99. The minimum Gasteiger partial charge on any atom is -0.255 e. The highest BCUT2D eigenvalue weighted by molar-refractivity contribution is 7.07. The molecule has 0 unspecified atom stereocenters. The molecule has 3 nitrogen and oxygen atoms in total. The Kier molecular flexibility index (Phi) is 5.06. The van der Waals surface area contributed by atoms with E-state index in [9.17, 15) is 0 Å². The van der Waals surface area contributed by atoms with Crippen molar-refractivity contribution in [1.29, 1.82) is 0 Å². The van der Waals surface area contributed by atoms with Gasteiger partial charge in [0.1, 0.15) is 0 Å². The Morgan fingerprint density at radius 3 is 2.21 bits per heavy atom. The van der Waals surface area contributed by atoms with Crippen molar-refractivity contribution in [2.24, 2.45) is 10.1 Å². The third kappa shape index (κ3) is 3.71. The van der Waals surface area contributed by atoms with E-state index in [1.807, 2.05) is 48.0 Å². The normalized spacial score (nSPS) is 12.8. The van der Waals surface area contributed by atoms with E-state index < -0.39 is 0 Å². The molecule has 0 aliphatic heterocycles. The van der Waals surface area contributed by atoms with Crippen LogP contribution in [-0.4, -0.2) is 16.4 Å². The summed E-state index contributed by atoms with van der Waals surface area (Å²) < 4.78 is 1.96. The summed E-state index contributed by atoms with van der Waals surface area (Å²) in [5.41, 5.74) is 4.29. The second kappa shape index (κ2) is 7.41. The van der Waals surface area contributed by atoms with Crippen molar-refractivity contribution in [3.8, 4) is 11.3 Å². The van der Waals surface area contributed by atoms with Gasteiger partial charge in [-0.25, -0.2) is 4.68 Å². The van der Waals surface area contributed by atoms with Crippen LogP contribution in [0, 0.1) is 0 Å². The molecule has 1 aromatic heterocycles. The molecule has 3 rings (SSSR count). The first-order chi connectivity index (χ1) is 11.6. The van der Waals surface area contributed by atoms with Gasteiger partial charge in [-0.3, -0.25) is 4.99 Å². The van der Waals surface area contributed by atoms with Gasteiger partial charge in [-0.1, -0.05) is 60.7 Å². The van der Waals surface area contributed by atoms with Crippen LogP contribution in [-0.2, 0) is 0 Å². The van der Waals surface area contributed by atoms with Gasteiger partial charge in [0.25, 0.3) is 0 Å². The average Bonchev–Trinajstić information content (AvgIpc) is 2.98. The second-order valence-corrected chi connectivity index (χ2v) is 6.69. The molecule has 0 aliphatic rings. The van der Waals surface area contributed by atoms with E-state index >= 15 is 0 Å². The third-order valence-electron chi connectivity index (χ3n) is 3.57. The molecule has 3 aromatic rings. The van der Waals surface area contributed by atoms with Gasteiger partial charge in [-0.2, -0.15) is 5.10 Å². The van der Waals surface area contributed by atoms with E-state index in [4.69, 9.17) is 10.1 Å². The predicted octanol–water partition coefficient (Wildman–Crippen LogP) is 4.80. The summed E-state index contributed by atoms with van der Waals surface area (Å²) in [6.45, 7) is 6.20. The van der Waals surface area contributed by atoms with Gasteiger partial charge in [0, 0.05) is 17.0 Å². The largest absolute Gasteiger partial charge is 0.255 e. The number of hydrogen-bond acceptors (Lipinski definition) is 3. The van der Waals surface area contributed by atoms with Crippen LogP contribution in [0.4, 0.5) is 0 Å². The van der Waals surface area contributed by atoms with Gasteiger partial charge < -0.3 is 0 Å². The Morgan fingerprint density at radius 1 is 0.958 bits per heavy atom. The first-order valence-corrected chi connectivity index (χ1v) is 8.94. The van der Waals surface area contributed by atoms with Crippen LogP contribution >= 0.6 is 11.3 Å². The van der Waals surface area contributed by atoms with Crippen LogP contribution in [0.3, 0.4) is 0 Å². The van der Waals surface area contributed by atoms with Crippen molar-refractivity contribution in [2.75, 3.05) is 0 Å². The van der Waals surface area contributed by atoms with Crippen LogP contribution < -0.4 is 4.80 Å². The van der Waals surface area contributed by atoms with Crippen LogP contribution in [0.1, 0.15) is 26.3 Å². The van der Waals surface area contributed by atoms with E-state index in [1.54, 1.807) is 11.3 Å². The van der Waals surface area contributed by atoms with Gasteiger partial charge in [0.15, 0.2) is 0 Å². The quantitative estimate of drug-likeness (QED) is 0.613. The first kappa shape index (κ1) is 16.4. The molecule has 0 radical (unpaired) electrons. The smallest absolute Gasteiger partial charge is 0.206 e. The molecule has 4 heteroatoms. The molecule has 0 bridgehead atoms. The monoisotopic (exact) mass is 335 g/mol. The zero-order valence-corrected chi connectivity index (χ0v) is 15.0. The number of thiazole rings is 1. The minimum atomic E-state index is 0.228. The highest BCUT2D eigenvalue weighted by Crippen LogP contribution is 2.20. The van der Waals surface area contributed by atoms with E-state index in [0.29, 0.717) is 0 Å². The number of nitrogens with zero attached hydrogens (tertiary/aromatic N) is 3. The van der Waals surface area contributed by atoms with E-state index in [2.05, 4.69) is 43.5 Å². The standard InChI is InChI=1S/C20H21N3S/c1-15(2)21-20-23(22-16(3)17-10-6-4-7-11-17)19(14-24-20)18-12-8-5-9-13-18/h4-15H,1-3H3. The van der Waals surface area contributed by atoms with Crippen molar-refractivity contribution in [3.63, 3.8) is 0 Å². The molecule has 0 spiro atoms. The first-order valence-electron chi connectivity index (χ1n) is 8.06. The van der Waals surface area contributed by atoms with Gasteiger partial charge in [-0.15, -0.1) is 11.3 Å². The average molecular weight is 335 g/mol. The van der Waals surface area contributed by atoms with E-state index in [0.717, 1.165) is 27.3 Å². The summed E-state index contributed by atoms with van der Waals surface area (Å²) in [5.74, 6) is 0. The maximum Gasteiger partial charge on any atom is 0.206 e. The Hall–Kier alpha value is -2.46. The van der Waals surface area contributed by atoms with Gasteiger partial charge in [-0.05, 0) is 26.3 Å². The summed E-state index contributed by atoms with van der Waals surface area (Å²) in [7, 11) is 0. The lowest BCUT2D eigenvalue weighted by Gasteiger charge is -2.06. The van der Waals surface area contributed by atoms with Gasteiger partial charge in [0.2, 0.25) is 4.80 Å². The highest BCUT2D eigenvalue weighted by Gasteiger charge is 2.08. The maximum atomic E-state index is 4.87. The predicted molar refractivity (Wildman–Crippen MR) is 102 cm³/mol. The molecule has 1 heterocycles. The molecule has 24 heavy (non-hydrogen) atoms. The minimum absolute atomic E-state index is 0.228. The number of hydrogen-bond donors (Lipinski definition) is 0. The fourth-order valence-electron chi connectivity index (χ4n) is 2.40. The van der Waals surface area contributed by atoms with Crippen molar-refractivity contribution < 1.29 is 0 Å². The Morgan fingerprint density at radius 2 is 1.58 bits per heavy atom. The number of aromatic nitrogens is 1. The van der Waals surface area contributed by atoms with Gasteiger partial charge >= 0.3 is 0 Å². The molecule has 0 saturated carbocycles. The molecule has 0 atom stereocenters. The molecule has 0 saturated heterocycles. The Balaban J connectivity index is 2.16. The van der Waals surface area contributed by atoms with Crippen LogP contribution in [0.25, 0.3) is 11.3 Å². The number of benzene rings is 2. The molecule has 0 amide bonds. The molecular formula is C20H21N3S. The number of rotatable bonds is 4. The molecule has 0 aliphatic carbocycles. The van der Waals surface area contributed by atoms with Crippen LogP contribution in [0.15, 0.2) is 76.1 Å². The lowest BCUT2D eigenvalue weighted by atomic mass is 10.1. The SMILES string of the molecule is CC(=Nn1c(-c2ccccc2)csc1=NC(C)C)c1ccccc1. The fourth-order valence-corrected chi connectivity index (χ4v) is 3.36. The van der Waals surface area contributed by atoms with Crippen molar-refractivity contribution in [1.82, 2.24) is 4.68 Å². The molecule has 0 N–H and O–H groups in total.